The molecule has 1 aromatic heterocycles. The van der Waals surface area contributed by atoms with Crippen LogP contribution < -0.4 is 10.6 Å². The van der Waals surface area contributed by atoms with Crippen molar-refractivity contribution in [2.24, 2.45) is 0 Å². The van der Waals surface area contributed by atoms with E-state index in [1.54, 1.807) is 55.5 Å². The molecule has 3 aromatic rings. The molecule has 3 rings (SSSR count). The van der Waals surface area contributed by atoms with Crippen LogP contribution >= 0.6 is 0 Å². The molecule has 29 heavy (non-hydrogen) atoms. The number of hydrogen-bond acceptors (Lipinski definition) is 7. The monoisotopic (exact) mass is 387 g/mol. The largest absolute Gasteiger partial charge is 0.462 e. The van der Waals surface area contributed by atoms with Gasteiger partial charge in [-0.25, -0.2) is 14.8 Å². The molecule has 0 aliphatic carbocycles. The maximum absolute atomic E-state index is 12.5. The summed E-state index contributed by atoms with van der Waals surface area (Å²) >= 11 is 0. The normalized spacial score (nSPS) is 9.93. The zero-order valence-electron chi connectivity index (χ0n) is 15.5. The van der Waals surface area contributed by atoms with Crippen LogP contribution in [0.4, 0.5) is 17.3 Å². The number of aromatic nitrogens is 2. The predicted octanol–water partition coefficient (Wildman–Crippen LogP) is 3.52. The van der Waals surface area contributed by atoms with Crippen LogP contribution in [-0.4, -0.2) is 28.5 Å². The van der Waals surface area contributed by atoms with E-state index in [9.17, 15) is 9.59 Å². The summed E-state index contributed by atoms with van der Waals surface area (Å²) in [6.45, 7) is 1.99. The van der Waals surface area contributed by atoms with Crippen molar-refractivity contribution in [1.29, 1.82) is 5.26 Å². The number of carbonyl (C=O) groups is 2. The first-order valence-electron chi connectivity index (χ1n) is 8.78. The number of nitrogens with one attached hydrogen (secondary N) is 2. The molecule has 0 atom stereocenters. The van der Waals surface area contributed by atoms with Crippen molar-refractivity contribution >= 4 is 29.2 Å². The Morgan fingerprint density at radius 1 is 1.10 bits per heavy atom. The summed E-state index contributed by atoms with van der Waals surface area (Å²) in [7, 11) is 0. The van der Waals surface area contributed by atoms with Crippen molar-refractivity contribution in [3.8, 4) is 6.07 Å². The lowest BCUT2D eigenvalue weighted by Crippen LogP contribution is -2.15. The third-order valence-electron chi connectivity index (χ3n) is 3.83. The fourth-order valence-electron chi connectivity index (χ4n) is 2.47. The van der Waals surface area contributed by atoms with Crippen LogP contribution in [0.25, 0.3) is 0 Å². The quantitative estimate of drug-likeness (QED) is 0.621. The van der Waals surface area contributed by atoms with E-state index in [-0.39, 0.29) is 18.2 Å². The predicted molar refractivity (Wildman–Crippen MR) is 107 cm³/mol. The van der Waals surface area contributed by atoms with Crippen LogP contribution in [0.2, 0.25) is 0 Å². The summed E-state index contributed by atoms with van der Waals surface area (Å²) in [5.41, 5.74) is 1.98. The van der Waals surface area contributed by atoms with Gasteiger partial charge < -0.3 is 15.4 Å². The van der Waals surface area contributed by atoms with E-state index in [4.69, 9.17) is 10.00 Å². The van der Waals surface area contributed by atoms with Crippen molar-refractivity contribution in [3.63, 3.8) is 0 Å². The first-order valence-corrected chi connectivity index (χ1v) is 8.78. The molecule has 144 valence electrons. The molecule has 1 amide bonds. The maximum Gasteiger partial charge on any atom is 0.340 e. The van der Waals surface area contributed by atoms with Gasteiger partial charge in [-0.15, -0.1) is 0 Å². The summed E-state index contributed by atoms with van der Waals surface area (Å²) in [4.78, 5) is 32.9. The minimum atomic E-state index is -0.467. The number of amides is 1. The average Bonchev–Trinajstić information content (AvgIpc) is 2.75. The molecule has 0 spiro atoms. The SMILES string of the molecule is CCOC(=O)c1ccccc1Nc1nccc(C(=O)Nc2ccc(C#N)cc2)n1. The van der Waals surface area contributed by atoms with Crippen molar-refractivity contribution in [1.82, 2.24) is 9.97 Å². The molecule has 0 unspecified atom stereocenters. The highest BCUT2D eigenvalue weighted by Gasteiger charge is 2.14. The Morgan fingerprint density at radius 2 is 1.86 bits per heavy atom. The van der Waals surface area contributed by atoms with Gasteiger partial charge in [0.25, 0.3) is 5.91 Å². The fourth-order valence-corrected chi connectivity index (χ4v) is 2.47. The van der Waals surface area contributed by atoms with Crippen LogP contribution in [0.15, 0.2) is 60.8 Å². The molecule has 2 N–H and O–H groups in total. The minimum Gasteiger partial charge on any atom is -0.462 e. The average molecular weight is 387 g/mol. The highest BCUT2D eigenvalue weighted by atomic mass is 16.5. The van der Waals surface area contributed by atoms with Crippen molar-refractivity contribution in [2.45, 2.75) is 6.92 Å². The molecule has 1 heterocycles. The standard InChI is InChI=1S/C21H17N5O3/c1-2-29-20(28)16-5-3-4-6-17(16)25-21-23-12-11-18(26-21)19(27)24-15-9-7-14(13-22)8-10-15/h3-12H,2H2,1H3,(H,24,27)(H,23,25,26). The molecular weight excluding hydrogens is 370 g/mol. The van der Waals surface area contributed by atoms with Crippen molar-refractivity contribution < 1.29 is 14.3 Å². The fraction of sp³-hybridized carbons (Fsp3) is 0.0952. The number of anilines is 3. The highest BCUT2D eigenvalue weighted by Crippen LogP contribution is 2.20. The Labute approximate surface area is 167 Å². The Balaban J connectivity index is 1.77. The number of nitriles is 1. The van der Waals surface area contributed by atoms with E-state index in [0.717, 1.165) is 0 Å². The van der Waals surface area contributed by atoms with Gasteiger partial charge in [-0.2, -0.15) is 5.26 Å². The van der Waals surface area contributed by atoms with Gasteiger partial charge >= 0.3 is 5.97 Å². The van der Waals surface area contributed by atoms with Crippen molar-refractivity contribution in [3.05, 3.63) is 77.6 Å². The number of benzene rings is 2. The Kier molecular flexibility index (Phi) is 6.12. The summed E-state index contributed by atoms with van der Waals surface area (Å²) < 4.78 is 5.05. The molecule has 0 saturated heterocycles. The topological polar surface area (TPSA) is 117 Å². The van der Waals surface area contributed by atoms with Crippen LogP contribution in [0, 0.1) is 11.3 Å². The van der Waals surface area contributed by atoms with E-state index in [1.165, 1.54) is 12.3 Å². The molecule has 0 aliphatic heterocycles. The first-order chi connectivity index (χ1) is 14.1. The zero-order valence-corrected chi connectivity index (χ0v) is 15.5. The summed E-state index contributed by atoms with van der Waals surface area (Å²) in [6.07, 6.45) is 1.44. The highest BCUT2D eigenvalue weighted by molar-refractivity contribution is 6.03. The smallest absolute Gasteiger partial charge is 0.340 e. The number of esters is 1. The lowest BCUT2D eigenvalue weighted by Gasteiger charge is -2.11. The number of carbonyl (C=O) groups excluding carboxylic acids is 2. The lowest BCUT2D eigenvalue weighted by atomic mass is 10.2. The van der Waals surface area contributed by atoms with Gasteiger partial charge in [0.15, 0.2) is 0 Å². The van der Waals surface area contributed by atoms with E-state index < -0.39 is 11.9 Å². The number of nitrogens with zero attached hydrogens (tertiary/aromatic N) is 3. The molecular formula is C21H17N5O3. The summed E-state index contributed by atoms with van der Waals surface area (Å²) in [5, 5.41) is 14.5. The number of para-hydroxylation sites is 1. The van der Waals surface area contributed by atoms with Gasteiger partial charge in [-0.3, -0.25) is 4.79 Å². The van der Waals surface area contributed by atoms with Crippen LogP contribution in [0.5, 0.6) is 0 Å². The second-order valence-electron chi connectivity index (χ2n) is 5.80. The molecule has 0 aliphatic rings. The first kappa shape index (κ1) is 19.5. The number of hydrogen-bond donors (Lipinski definition) is 2. The van der Waals surface area contributed by atoms with Crippen LogP contribution in [0.3, 0.4) is 0 Å². The Hall–Kier alpha value is -4.25. The van der Waals surface area contributed by atoms with Gasteiger partial charge in [0.2, 0.25) is 5.95 Å². The minimum absolute atomic E-state index is 0.139. The Bertz CT molecular complexity index is 1070. The summed E-state index contributed by atoms with van der Waals surface area (Å²) in [6, 6.07) is 16.8. The van der Waals surface area contributed by atoms with Crippen LogP contribution in [-0.2, 0) is 4.74 Å². The molecule has 0 saturated carbocycles. The summed E-state index contributed by atoms with van der Waals surface area (Å²) in [5.74, 6) is -0.738. The third kappa shape index (κ3) is 4.93. The lowest BCUT2D eigenvalue weighted by molar-refractivity contribution is 0.0527. The molecule has 2 aromatic carbocycles. The van der Waals surface area contributed by atoms with E-state index in [1.807, 2.05) is 6.07 Å². The molecule has 8 heteroatoms. The second kappa shape index (κ2) is 9.10. The van der Waals surface area contributed by atoms with Crippen LogP contribution in [0.1, 0.15) is 33.3 Å². The van der Waals surface area contributed by atoms with Gasteiger partial charge in [0, 0.05) is 11.9 Å². The van der Waals surface area contributed by atoms with Gasteiger partial charge in [-0.1, -0.05) is 12.1 Å². The van der Waals surface area contributed by atoms with Gasteiger partial charge in [-0.05, 0) is 49.4 Å². The van der Waals surface area contributed by atoms with E-state index in [2.05, 4.69) is 20.6 Å². The van der Waals surface area contributed by atoms with E-state index in [0.29, 0.717) is 22.5 Å². The zero-order chi connectivity index (χ0) is 20.6. The van der Waals surface area contributed by atoms with E-state index >= 15 is 0 Å². The second-order valence-corrected chi connectivity index (χ2v) is 5.80. The van der Waals surface area contributed by atoms with Gasteiger partial charge in [0.05, 0.1) is 29.5 Å². The number of ether oxygens (including phenoxy) is 1. The Morgan fingerprint density at radius 3 is 2.59 bits per heavy atom. The number of rotatable bonds is 6. The molecule has 0 bridgehead atoms. The van der Waals surface area contributed by atoms with Crippen molar-refractivity contribution in [2.75, 3.05) is 17.2 Å². The molecule has 0 radical (unpaired) electrons. The molecule has 0 fully saturated rings. The third-order valence-corrected chi connectivity index (χ3v) is 3.83. The van der Waals surface area contributed by atoms with Gasteiger partial charge in [0.1, 0.15) is 5.69 Å². The molecule has 8 nitrogen and oxygen atoms in total. The maximum atomic E-state index is 12.5.